The number of aryl methyl sites for hydroxylation is 1. The van der Waals surface area contributed by atoms with Gasteiger partial charge in [-0.1, -0.05) is 0 Å². The summed E-state index contributed by atoms with van der Waals surface area (Å²) in [6.45, 7) is 1.19. The molecule has 1 heterocycles. The van der Waals surface area contributed by atoms with Gasteiger partial charge in [-0.05, 0) is 37.3 Å². The molecule has 1 N–H and O–H groups in total. The van der Waals surface area contributed by atoms with E-state index in [1.165, 1.54) is 30.3 Å². The molecular weight excluding hydrogens is 293 g/mol. The molecule has 0 saturated heterocycles. The van der Waals surface area contributed by atoms with Crippen LogP contribution in [0, 0.1) is 22.9 Å². The van der Waals surface area contributed by atoms with E-state index < -0.39 is 27.9 Å². The number of carbonyl (C=O) groups excluding carboxylic acids is 1. The van der Waals surface area contributed by atoms with Crippen molar-refractivity contribution in [3.05, 3.63) is 68.4 Å². The first kappa shape index (κ1) is 15.4. The number of amides is 1. The lowest BCUT2D eigenvalue weighted by Crippen LogP contribution is -2.30. The minimum Gasteiger partial charge on any atom is -0.325 e. The molecule has 1 amide bonds. The van der Waals surface area contributed by atoms with E-state index in [1.54, 1.807) is 6.92 Å². The Kier molecular flexibility index (Phi) is 4.31. The molecule has 2 aromatic rings. The summed E-state index contributed by atoms with van der Waals surface area (Å²) >= 11 is 0. The quantitative estimate of drug-likeness (QED) is 0.689. The molecule has 114 valence electrons. The minimum absolute atomic E-state index is 0.363. The van der Waals surface area contributed by atoms with E-state index in [0.717, 1.165) is 10.6 Å². The molecule has 0 spiro atoms. The zero-order chi connectivity index (χ0) is 16.3. The number of hydrogen-bond donors (Lipinski definition) is 1. The van der Waals surface area contributed by atoms with Crippen LogP contribution in [0.4, 0.5) is 15.8 Å². The molecule has 0 radical (unpaired) electrons. The van der Waals surface area contributed by atoms with Crippen LogP contribution in [-0.2, 0) is 11.3 Å². The summed E-state index contributed by atoms with van der Waals surface area (Å²) in [4.78, 5) is 33.8. The molecule has 0 unspecified atom stereocenters. The van der Waals surface area contributed by atoms with Crippen LogP contribution >= 0.6 is 0 Å². The van der Waals surface area contributed by atoms with Gasteiger partial charge in [-0.3, -0.25) is 24.3 Å². The predicted molar refractivity (Wildman–Crippen MR) is 77.1 cm³/mol. The van der Waals surface area contributed by atoms with Gasteiger partial charge >= 0.3 is 11.2 Å². The molecule has 1 aromatic heterocycles. The van der Waals surface area contributed by atoms with Crippen molar-refractivity contribution in [1.29, 1.82) is 0 Å². The van der Waals surface area contributed by atoms with E-state index >= 15 is 0 Å². The van der Waals surface area contributed by atoms with Crippen molar-refractivity contribution in [3.8, 4) is 0 Å². The smallest absolute Gasteiger partial charge is 0.325 e. The lowest BCUT2D eigenvalue weighted by Gasteiger charge is -2.10. The van der Waals surface area contributed by atoms with E-state index in [9.17, 15) is 24.1 Å². The Morgan fingerprint density at radius 3 is 2.50 bits per heavy atom. The Hall–Kier alpha value is -3.03. The first-order valence-electron chi connectivity index (χ1n) is 6.29. The summed E-state index contributed by atoms with van der Waals surface area (Å²) < 4.78 is 13.8. The molecule has 2 rings (SSSR count). The van der Waals surface area contributed by atoms with Crippen LogP contribution < -0.4 is 10.9 Å². The molecule has 8 heteroatoms. The SMILES string of the molecule is Cc1ccc([N+](=O)[O-])c(=O)n1CC(=O)Nc1ccc(F)cc1. The third kappa shape index (κ3) is 3.35. The molecule has 0 aliphatic carbocycles. The van der Waals surface area contributed by atoms with Crippen molar-refractivity contribution in [1.82, 2.24) is 4.57 Å². The fourth-order valence-electron chi connectivity index (χ4n) is 1.87. The summed E-state index contributed by atoms with van der Waals surface area (Å²) in [5, 5.41) is 13.2. The van der Waals surface area contributed by atoms with Gasteiger partial charge in [0, 0.05) is 17.4 Å². The molecule has 0 atom stereocenters. The van der Waals surface area contributed by atoms with E-state index in [-0.39, 0.29) is 6.54 Å². The number of halogens is 1. The highest BCUT2D eigenvalue weighted by Gasteiger charge is 2.17. The topological polar surface area (TPSA) is 94.2 Å². The van der Waals surface area contributed by atoms with Crippen molar-refractivity contribution in [3.63, 3.8) is 0 Å². The largest absolute Gasteiger partial charge is 0.334 e. The third-order valence-electron chi connectivity index (χ3n) is 3.00. The van der Waals surface area contributed by atoms with Crippen LogP contribution in [0.15, 0.2) is 41.2 Å². The van der Waals surface area contributed by atoms with Crippen LogP contribution in [0.3, 0.4) is 0 Å². The minimum atomic E-state index is -0.848. The van der Waals surface area contributed by atoms with Crippen molar-refractivity contribution in [2.75, 3.05) is 5.32 Å². The molecule has 0 aliphatic rings. The first-order valence-corrected chi connectivity index (χ1v) is 6.29. The van der Waals surface area contributed by atoms with Crippen LogP contribution in [0.2, 0.25) is 0 Å². The molecule has 0 saturated carbocycles. The zero-order valence-electron chi connectivity index (χ0n) is 11.6. The van der Waals surface area contributed by atoms with Crippen molar-refractivity contribution in [2.24, 2.45) is 0 Å². The second-order valence-corrected chi connectivity index (χ2v) is 4.56. The molecule has 22 heavy (non-hydrogen) atoms. The van der Waals surface area contributed by atoms with Crippen LogP contribution in [0.25, 0.3) is 0 Å². The summed E-state index contributed by atoms with van der Waals surface area (Å²) in [6.07, 6.45) is 0. The van der Waals surface area contributed by atoms with Gasteiger partial charge in [0.1, 0.15) is 12.4 Å². The standard InChI is InChI=1S/C14H12FN3O4/c1-9-2-7-12(18(21)22)14(20)17(9)8-13(19)16-11-5-3-10(15)4-6-11/h2-7H,8H2,1H3,(H,16,19). The lowest BCUT2D eigenvalue weighted by molar-refractivity contribution is -0.386. The van der Waals surface area contributed by atoms with Gasteiger partial charge in [0.2, 0.25) is 5.91 Å². The maximum Gasteiger partial charge on any atom is 0.334 e. The van der Waals surface area contributed by atoms with Crippen LogP contribution in [0.1, 0.15) is 5.69 Å². The highest BCUT2D eigenvalue weighted by molar-refractivity contribution is 5.90. The van der Waals surface area contributed by atoms with Gasteiger partial charge in [-0.2, -0.15) is 0 Å². The Morgan fingerprint density at radius 2 is 1.91 bits per heavy atom. The van der Waals surface area contributed by atoms with Gasteiger partial charge in [0.25, 0.3) is 0 Å². The molecule has 7 nitrogen and oxygen atoms in total. The average molecular weight is 305 g/mol. The fourth-order valence-corrected chi connectivity index (χ4v) is 1.87. The second kappa shape index (κ2) is 6.17. The van der Waals surface area contributed by atoms with Gasteiger partial charge in [-0.15, -0.1) is 0 Å². The van der Waals surface area contributed by atoms with Crippen molar-refractivity contribution >= 4 is 17.3 Å². The number of hydrogen-bond acceptors (Lipinski definition) is 4. The Balaban J connectivity index is 2.21. The Morgan fingerprint density at radius 1 is 1.27 bits per heavy atom. The van der Waals surface area contributed by atoms with E-state index in [4.69, 9.17) is 0 Å². The number of aromatic nitrogens is 1. The number of nitrogens with zero attached hydrogens (tertiary/aromatic N) is 2. The maximum absolute atomic E-state index is 12.8. The monoisotopic (exact) mass is 305 g/mol. The number of rotatable bonds is 4. The molecule has 1 aromatic carbocycles. The molecule has 0 aliphatic heterocycles. The Labute approximate surface area is 124 Å². The van der Waals surface area contributed by atoms with Crippen LogP contribution in [-0.4, -0.2) is 15.4 Å². The highest BCUT2D eigenvalue weighted by atomic mass is 19.1. The average Bonchev–Trinajstić information content (AvgIpc) is 2.45. The number of anilines is 1. The normalized spacial score (nSPS) is 10.3. The van der Waals surface area contributed by atoms with Gasteiger partial charge in [-0.25, -0.2) is 4.39 Å². The van der Waals surface area contributed by atoms with E-state index in [1.807, 2.05) is 0 Å². The van der Waals surface area contributed by atoms with Gasteiger partial charge < -0.3 is 5.32 Å². The van der Waals surface area contributed by atoms with Gasteiger partial charge in [0.15, 0.2) is 0 Å². The zero-order valence-corrected chi connectivity index (χ0v) is 11.6. The van der Waals surface area contributed by atoms with Crippen molar-refractivity contribution in [2.45, 2.75) is 13.5 Å². The number of benzene rings is 1. The number of carbonyl (C=O) groups is 1. The highest BCUT2D eigenvalue weighted by Crippen LogP contribution is 2.09. The Bertz CT molecular complexity index is 784. The van der Waals surface area contributed by atoms with E-state index in [2.05, 4.69) is 5.32 Å². The summed E-state index contributed by atoms with van der Waals surface area (Å²) in [7, 11) is 0. The maximum atomic E-state index is 12.8. The number of pyridine rings is 1. The number of nitrogens with one attached hydrogen (secondary N) is 1. The van der Waals surface area contributed by atoms with Gasteiger partial charge in [0.05, 0.1) is 4.92 Å². The summed E-state index contributed by atoms with van der Waals surface area (Å²) in [5.74, 6) is -0.985. The summed E-state index contributed by atoms with van der Waals surface area (Å²) in [6, 6.07) is 7.60. The second-order valence-electron chi connectivity index (χ2n) is 4.56. The number of nitro groups is 1. The first-order chi connectivity index (χ1) is 10.4. The molecular formula is C14H12FN3O4. The molecule has 0 bridgehead atoms. The molecule has 0 fully saturated rings. The van der Waals surface area contributed by atoms with Crippen molar-refractivity contribution < 1.29 is 14.1 Å². The fraction of sp³-hybridized carbons (Fsp3) is 0.143. The lowest BCUT2D eigenvalue weighted by atomic mass is 10.3. The third-order valence-corrected chi connectivity index (χ3v) is 3.00. The predicted octanol–water partition coefficient (Wildman–Crippen LogP) is 1.84. The van der Waals surface area contributed by atoms with E-state index in [0.29, 0.717) is 11.4 Å². The summed E-state index contributed by atoms with van der Waals surface area (Å²) in [5.41, 5.74) is -0.660. The van der Waals surface area contributed by atoms with Crippen LogP contribution in [0.5, 0.6) is 0 Å².